The van der Waals surface area contributed by atoms with E-state index in [1.165, 1.54) is 0 Å². The molecule has 1 aromatic heterocycles. The fraction of sp³-hybridized carbons (Fsp3) is 0.0909. The Kier molecular flexibility index (Phi) is 4.27. The first-order valence-corrected chi connectivity index (χ1v) is 6.50. The lowest BCUT2D eigenvalue weighted by molar-refractivity contribution is 0.580. The van der Waals surface area contributed by atoms with E-state index in [-0.39, 0.29) is 5.03 Å². The lowest BCUT2D eigenvalue weighted by Crippen LogP contribution is -1.98. The van der Waals surface area contributed by atoms with Crippen molar-refractivity contribution in [1.82, 2.24) is 9.97 Å². The molecule has 0 aliphatic carbocycles. The van der Waals surface area contributed by atoms with Crippen molar-refractivity contribution < 1.29 is 4.39 Å². The van der Waals surface area contributed by atoms with E-state index in [9.17, 15) is 4.39 Å². The van der Waals surface area contributed by atoms with E-state index in [1.54, 1.807) is 25.2 Å². The quantitative estimate of drug-likeness (QED) is 0.866. The average molecular weight is 304 g/mol. The number of nitrogens with zero attached hydrogens (tertiary/aromatic N) is 2. The van der Waals surface area contributed by atoms with Crippen LogP contribution in [0.2, 0.25) is 10.0 Å². The summed E-state index contributed by atoms with van der Waals surface area (Å²) in [5, 5.41) is 3.95. The SMILES string of the molecule is CNc1ncc(F)c(Sc2cc(Cl)cc(Cl)c2)n1. The first-order valence-electron chi connectivity index (χ1n) is 4.92. The maximum absolute atomic E-state index is 13.6. The van der Waals surface area contributed by atoms with E-state index in [2.05, 4.69) is 15.3 Å². The zero-order valence-electron chi connectivity index (χ0n) is 9.25. The Bertz CT molecular complexity index is 560. The predicted octanol–water partition coefficient (Wildman–Crippen LogP) is 4.12. The topological polar surface area (TPSA) is 37.8 Å². The Morgan fingerprint density at radius 2 is 1.89 bits per heavy atom. The monoisotopic (exact) mass is 303 g/mol. The fourth-order valence-corrected chi connectivity index (χ4v) is 2.78. The number of aromatic nitrogens is 2. The van der Waals surface area contributed by atoms with Crippen molar-refractivity contribution in [3.05, 3.63) is 40.3 Å². The zero-order valence-corrected chi connectivity index (χ0v) is 11.6. The molecule has 18 heavy (non-hydrogen) atoms. The second kappa shape index (κ2) is 5.73. The van der Waals surface area contributed by atoms with Crippen molar-refractivity contribution in [2.24, 2.45) is 0 Å². The molecule has 2 aromatic rings. The number of rotatable bonds is 3. The van der Waals surface area contributed by atoms with Crippen LogP contribution in [0.4, 0.5) is 10.3 Å². The minimum absolute atomic E-state index is 0.215. The lowest BCUT2D eigenvalue weighted by Gasteiger charge is -2.05. The van der Waals surface area contributed by atoms with Gasteiger partial charge in [0.05, 0.1) is 6.20 Å². The van der Waals surface area contributed by atoms with Crippen LogP contribution in [0.25, 0.3) is 0 Å². The highest BCUT2D eigenvalue weighted by molar-refractivity contribution is 7.99. The van der Waals surface area contributed by atoms with Gasteiger partial charge in [-0.25, -0.2) is 14.4 Å². The van der Waals surface area contributed by atoms with Gasteiger partial charge in [0.25, 0.3) is 0 Å². The molecule has 0 unspecified atom stereocenters. The van der Waals surface area contributed by atoms with Crippen molar-refractivity contribution >= 4 is 40.9 Å². The average Bonchev–Trinajstić information content (AvgIpc) is 2.30. The Labute approximate surface area is 118 Å². The van der Waals surface area contributed by atoms with Crippen LogP contribution in [0.1, 0.15) is 0 Å². The van der Waals surface area contributed by atoms with E-state index in [0.717, 1.165) is 18.0 Å². The van der Waals surface area contributed by atoms with Crippen molar-refractivity contribution in [1.29, 1.82) is 0 Å². The molecular weight excluding hydrogens is 296 g/mol. The van der Waals surface area contributed by atoms with Crippen LogP contribution in [-0.2, 0) is 0 Å². The molecule has 0 atom stereocenters. The highest BCUT2D eigenvalue weighted by Crippen LogP contribution is 2.32. The maximum Gasteiger partial charge on any atom is 0.223 e. The van der Waals surface area contributed by atoms with Gasteiger partial charge in [0, 0.05) is 22.0 Å². The Balaban J connectivity index is 2.33. The standard InChI is InChI=1S/C11H8Cl2FN3S/c1-15-11-16-5-9(14)10(17-11)18-8-3-6(12)2-7(13)4-8/h2-5H,1H3,(H,15,16,17). The number of halogens is 3. The van der Waals surface area contributed by atoms with Crippen LogP contribution in [-0.4, -0.2) is 17.0 Å². The minimum atomic E-state index is -0.491. The zero-order chi connectivity index (χ0) is 13.1. The number of anilines is 1. The first kappa shape index (κ1) is 13.4. The molecule has 0 spiro atoms. The number of nitrogens with one attached hydrogen (secondary N) is 1. The van der Waals surface area contributed by atoms with E-state index in [4.69, 9.17) is 23.2 Å². The fourth-order valence-electron chi connectivity index (χ4n) is 1.24. The van der Waals surface area contributed by atoms with Crippen molar-refractivity contribution in [2.45, 2.75) is 9.92 Å². The predicted molar refractivity (Wildman–Crippen MR) is 72.1 cm³/mol. The summed E-state index contributed by atoms with van der Waals surface area (Å²) in [5.74, 6) is -0.137. The molecular formula is C11H8Cl2FN3S. The first-order chi connectivity index (χ1) is 8.58. The highest BCUT2D eigenvalue weighted by atomic mass is 35.5. The third-order valence-corrected chi connectivity index (χ3v) is 3.37. The van der Waals surface area contributed by atoms with Crippen LogP contribution < -0.4 is 5.32 Å². The summed E-state index contributed by atoms with van der Waals surface area (Å²) in [4.78, 5) is 8.51. The van der Waals surface area contributed by atoms with Gasteiger partial charge >= 0.3 is 0 Å². The molecule has 7 heteroatoms. The van der Waals surface area contributed by atoms with Crippen LogP contribution >= 0.6 is 35.0 Å². The Morgan fingerprint density at radius 1 is 1.22 bits per heavy atom. The van der Waals surface area contributed by atoms with Crippen LogP contribution in [0, 0.1) is 5.82 Å². The summed E-state index contributed by atoms with van der Waals surface area (Å²) < 4.78 is 13.6. The molecule has 1 heterocycles. The molecule has 0 saturated carbocycles. The summed E-state index contributed by atoms with van der Waals surface area (Å²) >= 11 is 12.9. The van der Waals surface area contributed by atoms with Gasteiger partial charge in [0.15, 0.2) is 5.82 Å². The van der Waals surface area contributed by atoms with Gasteiger partial charge < -0.3 is 5.32 Å². The molecule has 0 saturated heterocycles. The molecule has 0 fully saturated rings. The normalized spacial score (nSPS) is 10.4. The number of hydrogen-bond acceptors (Lipinski definition) is 4. The molecule has 0 amide bonds. The third-order valence-electron chi connectivity index (χ3n) is 1.99. The van der Waals surface area contributed by atoms with Crippen LogP contribution in [0.5, 0.6) is 0 Å². The highest BCUT2D eigenvalue weighted by Gasteiger charge is 2.09. The molecule has 94 valence electrons. The van der Waals surface area contributed by atoms with E-state index in [0.29, 0.717) is 20.9 Å². The van der Waals surface area contributed by atoms with Gasteiger partial charge in [-0.2, -0.15) is 0 Å². The summed E-state index contributed by atoms with van der Waals surface area (Å²) in [6, 6.07) is 5.00. The molecule has 0 bridgehead atoms. The van der Waals surface area contributed by atoms with Crippen LogP contribution in [0.3, 0.4) is 0 Å². The molecule has 0 aliphatic rings. The summed E-state index contributed by atoms with van der Waals surface area (Å²) in [7, 11) is 1.66. The third kappa shape index (κ3) is 3.25. The molecule has 0 aliphatic heterocycles. The molecule has 0 radical (unpaired) electrons. The second-order valence-electron chi connectivity index (χ2n) is 3.30. The van der Waals surface area contributed by atoms with Gasteiger partial charge in [-0.1, -0.05) is 35.0 Å². The van der Waals surface area contributed by atoms with E-state index in [1.807, 2.05) is 0 Å². The molecule has 1 N–H and O–H groups in total. The van der Waals surface area contributed by atoms with Gasteiger partial charge in [0.1, 0.15) is 5.03 Å². The Morgan fingerprint density at radius 3 is 2.50 bits per heavy atom. The van der Waals surface area contributed by atoms with Gasteiger partial charge in [-0.15, -0.1) is 0 Å². The maximum atomic E-state index is 13.6. The molecule has 2 rings (SSSR count). The summed E-state index contributed by atoms with van der Waals surface area (Å²) in [5.41, 5.74) is 0. The largest absolute Gasteiger partial charge is 0.357 e. The van der Waals surface area contributed by atoms with Crippen molar-refractivity contribution in [3.63, 3.8) is 0 Å². The molecule has 3 nitrogen and oxygen atoms in total. The van der Waals surface area contributed by atoms with Gasteiger partial charge in [0.2, 0.25) is 5.95 Å². The smallest absolute Gasteiger partial charge is 0.223 e. The van der Waals surface area contributed by atoms with E-state index >= 15 is 0 Å². The van der Waals surface area contributed by atoms with Gasteiger partial charge in [-0.3, -0.25) is 0 Å². The van der Waals surface area contributed by atoms with Crippen molar-refractivity contribution in [2.75, 3.05) is 12.4 Å². The minimum Gasteiger partial charge on any atom is -0.357 e. The van der Waals surface area contributed by atoms with Crippen LogP contribution in [0.15, 0.2) is 34.3 Å². The number of hydrogen-bond donors (Lipinski definition) is 1. The molecule has 1 aromatic carbocycles. The number of benzene rings is 1. The Hall–Kier alpha value is -1.04. The summed E-state index contributed by atoms with van der Waals surface area (Å²) in [6.07, 6.45) is 1.12. The lowest BCUT2D eigenvalue weighted by atomic mass is 10.4. The second-order valence-corrected chi connectivity index (χ2v) is 5.24. The summed E-state index contributed by atoms with van der Waals surface area (Å²) in [6.45, 7) is 0. The van der Waals surface area contributed by atoms with E-state index < -0.39 is 5.82 Å². The van der Waals surface area contributed by atoms with Gasteiger partial charge in [-0.05, 0) is 18.2 Å². The van der Waals surface area contributed by atoms with Crippen molar-refractivity contribution in [3.8, 4) is 0 Å².